The van der Waals surface area contributed by atoms with E-state index < -0.39 is 0 Å². The van der Waals surface area contributed by atoms with Gasteiger partial charge < -0.3 is 5.32 Å². The standard InChI is InChI=1S/C18H34N2S/c1-6-10-18(5,14-19-11-7-2)15-20(16(3)4)13-17-9-8-12-21-17/h8-9,12,16,19H,6-7,10-11,13-15H2,1-5H3. The number of rotatable bonds is 11. The number of hydrogen-bond donors (Lipinski definition) is 1. The van der Waals surface area contributed by atoms with E-state index in [-0.39, 0.29) is 0 Å². The van der Waals surface area contributed by atoms with Crippen molar-refractivity contribution in [2.24, 2.45) is 5.41 Å². The van der Waals surface area contributed by atoms with Gasteiger partial charge in [-0.25, -0.2) is 0 Å². The molecule has 2 nitrogen and oxygen atoms in total. The van der Waals surface area contributed by atoms with Gasteiger partial charge >= 0.3 is 0 Å². The van der Waals surface area contributed by atoms with Crippen LogP contribution >= 0.6 is 11.3 Å². The monoisotopic (exact) mass is 310 g/mol. The van der Waals surface area contributed by atoms with Gasteiger partial charge in [-0.1, -0.05) is 33.3 Å². The first kappa shape index (κ1) is 18.7. The Morgan fingerprint density at radius 2 is 2.05 bits per heavy atom. The lowest BCUT2D eigenvalue weighted by molar-refractivity contribution is 0.117. The molecule has 0 aromatic carbocycles. The molecule has 1 N–H and O–H groups in total. The zero-order chi connectivity index (χ0) is 15.7. The van der Waals surface area contributed by atoms with Crippen LogP contribution in [-0.4, -0.2) is 30.6 Å². The van der Waals surface area contributed by atoms with Crippen LogP contribution in [0.25, 0.3) is 0 Å². The van der Waals surface area contributed by atoms with Crippen molar-refractivity contribution in [3.8, 4) is 0 Å². The molecule has 21 heavy (non-hydrogen) atoms. The minimum Gasteiger partial charge on any atom is -0.316 e. The molecule has 0 radical (unpaired) electrons. The summed E-state index contributed by atoms with van der Waals surface area (Å²) in [6.07, 6.45) is 3.76. The van der Waals surface area contributed by atoms with Gasteiger partial charge in [-0.3, -0.25) is 4.90 Å². The molecule has 0 aliphatic heterocycles. The summed E-state index contributed by atoms with van der Waals surface area (Å²) in [5.41, 5.74) is 0.367. The number of nitrogens with zero attached hydrogens (tertiary/aromatic N) is 1. The van der Waals surface area contributed by atoms with Crippen LogP contribution in [0.4, 0.5) is 0 Å². The first-order valence-corrected chi connectivity index (χ1v) is 9.36. The van der Waals surface area contributed by atoms with Gasteiger partial charge in [0.2, 0.25) is 0 Å². The third kappa shape index (κ3) is 6.94. The molecule has 0 saturated heterocycles. The van der Waals surface area contributed by atoms with Gasteiger partial charge in [0.05, 0.1) is 0 Å². The molecule has 122 valence electrons. The minimum atomic E-state index is 0.367. The highest BCUT2D eigenvalue weighted by Crippen LogP contribution is 2.26. The van der Waals surface area contributed by atoms with Crippen LogP contribution in [0.15, 0.2) is 17.5 Å². The molecule has 0 spiro atoms. The summed E-state index contributed by atoms with van der Waals surface area (Å²) in [7, 11) is 0. The van der Waals surface area contributed by atoms with Crippen LogP contribution in [-0.2, 0) is 6.54 Å². The van der Waals surface area contributed by atoms with E-state index >= 15 is 0 Å². The van der Waals surface area contributed by atoms with Gasteiger partial charge in [0.25, 0.3) is 0 Å². The van der Waals surface area contributed by atoms with Crippen molar-refractivity contribution in [1.82, 2.24) is 10.2 Å². The lowest BCUT2D eigenvalue weighted by atomic mass is 9.84. The summed E-state index contributed by atoms with van der Waals surface area (Å²) in [6, 6.07) is 5.01. The van der Waals surface area contributed by atoms with E-state index in [0.29, 0.717) is 11.5 Å². The molecule has 0 aliphatic carbocycles. The molecular formula is C18H34N2S. The van der Waals surface area contributed by atoms with Crippen molar-refractivity contribution in [1.29, 1.82) is 0 Å². The third-order valence-electron chi connectivity index (χ3n) is 4.09. The second-order valence-electron chi connectivity index (χ2n) is 6.82. The molecule has 0 aliphatic rings. The summed E-state index contributed by atoms with van der Waals surface area (Å²) < 4.78 is 0. The lowest BCUT2D eigenvalue weighted by Crippen LogP contribution is -2.44. The third-order valence-corrected chi connectivity index (χ3v) is 4.95. The summed E-state index contributed by atoms with van der Waals surface area (Å²) in [5, 5.41) is 5.82. The predicted molar refractivity (Wildman–Crippen MR) is 96.0 cm³/mol. The van der Waals surface area contributed by atoms with Crippen LogP contribution < -0.4 is 5.32 Å². The van der Waals surface area contributed by atoms with Crippen molar-refractivity contribution in [3.63, 3.8) is 0 Å². The molecule has 1 heterocycles. The molecule has 1 unspecified atom stereocenters. The molecule has 3 heteroatoms. The fourth-order valence-corrected chi connectivity index (χ4v) is 3.64. The van der Waals surface area contributed by atoms with Crippen LogP contribution in [0, 0.1) is 5.41 Å². The van der Waals surface area contributed by atoms with E-state index in [2.05, 4.69) is 62.3 Å². The van der Waals surface area contributed by atoms with Gasteiger partial charge in [-0.2, -0.15) is 0 Å². The smallest absolute Gasteiger partial charge is 0.0330 e. The molecule has 1 aromatic heterocycles. The van der Waals surface area contributed by atoms with Crippen LogP contribution in [0.2, 0.25) is 0 Å². The molecule has 1 aromatic rings. The van der Waals surface area contributed by atoms with E-state index in [0.717, 1.165) is 19.6 Å². The highest BCUT2D eigenvalue weighted by Gasteiger charge is 2.27. The second kappa shape index (κ2) is 9.60. The molecule has 0 amide bonds. The fourth-order valence-electron chi connectivity index (χ4n) is 2.91. The normalized spacial score (nSPS) is 14.8. The van der Waals surface area contributed by atoms with Crippen molar-refractivity contribution in [3.05, 3.63) is 22.4 Å². The maximum atomic E-state index is 3.64. The minimum absolute atomic E-state index is 0.367. The quantitative estimate of drug-likeness (QED) is 0.593. The van der Waals surface area contributed by atoms with E-state index in [4.69, 9.17) is 0 Å². The number of nitrogens with one attached hydrogen (secondary N) is 1. The van der Waals surface area contributed by atoms with E-state index in [9.17, 15) is 0 Å². The van der Waals surface area contributed by atoms with Gasteiger partial charge in [0.15, 0.2) is 0 Å². The van der Waals surface area contributed by atoms with Crippen molar-refractivity contribution in [2.75, 3.05) is 19.6 Å². The first-order valence-electron chi connectivity index (χ1n) is 8.48. The Kier molecular flexibility index (Phi) is 8.53. The highest BCUT2D eigenvalue weighted by molar-refractivity contribution is 7.09. The van der Waals surface area contributed by atoms with E-state index in [1.54, 1.807) is 0 Å². The fraction of sp³-hybridized carbons (Fsp3) is 0.778. The lowest BCUT2D eigenvalue weighted by Gasteiger charge is -2.38. The predicted octanol–water partition coefficient (Wildman–Crippen LogP) is 4.76. The molecule has 0 fully saturated rings. The van der Waals surface area contributed by atoms with E-state index in [1.807, 2.05) is 11.3 Å². The Labute approximate surface area is 135 Å². The summed E-state index contributed by atoms with van der Waals surface area (Å²) >= 11 is 1.87. The van der Waals surface area contributed by atoms with Gasteiger partial charge in [-0.05, 0) is 50.1 Å². The second-order valence-corrected chi connectivity index (χ2v) is 7.85. The Hall–Kier alpha value is -0.380. The molecular weight excluding hydrogens is 276 g/mol. The largest absolute Gasteiger partial charge is 0.316 e. The summed E-state index contributed by atoms with van der Waals surface area (Å²) in [6.45, 7) is 16.1. The molecule has 1 rings (SSSR count). The van der Waals surface area contributed by atoms with Crippen molar-refractivity contribution in [2.45, 2.75) is 66.5 Å². The van der Waals surface area contributed by atoms with Crippen LogP contribution in [0.1, 0.15) is 58.8 Å². The molecule has 1 atom stereocenters. The number of hydrogen-bond acceptors (Lipinski definition) is 3. The average molecular weight is 311 g/mol. The molecule has 0 saturated carbocycles. The first-order chi connectivity index (χ1) is 10.0. The van der Waals surface area contributed by atoms with Crippen LogP contribution in [0.5, 0.6) is 0 Å². The summed E-state index contributed by atoms with van der Waals surface area (Å²) in [4.78, 5) is 4.11. The molecule has 0 bridgehead atoms. The Balaban J connectivity index is 2.66. The van der Waals surface area contributed by atoms with Gasteiger partial charge in [0, 0.05) is 30.6 Å². The van der Waals surface area contributed by atoms with Gasteiger partial charge in [-0.15, -0.1) is 11.3 Å². The topological polar surface area (TPSA) is 15.3 Å². The van der Waals surface area contributed by atoms with Crippen molar-refractivity contribution >= 4 is 11.3 Å². The van der Waals surface area contributed by atoms with Crippen molar-refractivity contribution < 1.29 is 0 Å². The zero-order valence-electron chi connectivity index (χ0n) is 14.6. The average Bonchev–Trinajstić information content (AvgIpc) is 2.91. The maximum Gasteiger partial charge on any atom is 0.0330 e. The SMILES string of the molecule is CCCNCC(C)(CCC)CN(Cc1cccs1)C(C)C. The van der Waals surface area contributed by atoms with E-state index in [1.165, 1.54) is 30.7 Å². The highest BCUT2D eigenvalue weighted by atomic mass is 32.1. The Bertz CT molecular complexity index is 361. The van der Waals surface area contributed by atoms with Gasteiger partial charge in [0.1, 0.15) is 0 Å². The Morgan fingerprint density at radius 3 is 2.57 bits per heavy atom. The Morgan fingerprint density at radius 1 is 1.29 bits per heavy atom. The maximum absolute atomic E-state index is 3.64. The summed E-state index contributed by atoms with van der Waals surface area (Å²) in [5.74, 6) is 0. The van der Waals surface area contributed by atoms with Crippen LogP contribution in [0.3, 0.4) is 0 Å². The zero-order valence-corrected chi connectivity index (χ0v) is 15.4. The number of thiophene rings is 1.